The van der Waals surface area contributed by atoms with Gasteiger partial charge < -0.3 is 9.84 Å². The summed E-state index contributed by atoms with van der Waals surface area (Å²) in [5.41, 5.74) is 2.73. The van der Waals surface area contributed by atoms with Gasteiger partial charge in [-0.3, -0.25) is 0 Å². The highest BCUT2D eigenvalue weighted by atomic mass is 16.6. The molecule has 1 N–H and O–H groups in total. The lowest BCUT2D eigenvalue weighted by atomic mass is 9.80. The van der Waals surface area contributed by atoms with Gasteiger partial charge in [0, 0.05) is 6.42 Å². The maximum Gasteiger partial charge on any atom is 0.158 e. The van der Waals surface area contributed by atoms with E-state index in [2.05, 4.69) is 10.2 Å². The molecule has 0 amide bonds. The van der Waals surface area contributed by atoms with Gasteiger partial charge in [-0.15, -0.1) is 0 Å². The average molecular weight is 357 g/mol. The van der Waals surface area contributed by atoms with Gasteiger partial charge in [0.2, 0.25) is 0 Å². The number of aliphatic hydroxyl groups is 1. The lowest BCUT2D eigenvalue weighted by Crippen LogP contribution is -2.37. The quantitative estimate of drug-likeness (QED) is 0.608. The second kappa shape index (κ2) is 6.30. The molecule has 5 rings (SSSR count). The van der Waals surface area contributed by atoms with Crippen molar-refractivity contribution in [2.24, 2.45) is 0 Å². The Labute approximate surface area is 156 Å². The molecule has 2 atom stereocenters. The number of aliphatic hydroxyl groups excluding tert-OH is 1. The summed E-state index contributed by atoms with van der Waals surface area (Å²) in [7, 11) is 0. The minimum absolute atomic E-state index is 0.273. The lowest BCUT2D eigenvalue weighted by Gasteiger charge is -2.34. The Morgan fingerprint density at radius 1 is 0.778 bits per heavy atom. The zero-order valence-electron chi connectivity index (χ0n) is 14.6. The van der Waals surface area contributed by atoms with E-state index in [1.54, 1.807) is 4.80 Å². The average Bonchev–Trinajstić information content (AvgIpc) is 3.31. The van der Waals surface area contributed by atoms with E-state index in [-0.39, 0.29) is 6.04 Å². The van der Waals surface area contributed by atoms with E-state index >= 15 is 0 Å². The van der Waals surface area contributed by atoms with Gasteiger partial charge in [-0.05, 0) is 23.3 Å². The molecular formula is C22H19N3O2. The fourth-order valence-corrected chi connectivity index (χ4v) is 4.03. The van der Waals surface area contributed by atoms with E-state index in [4.69, 9.17) is 4.74 Å². The van der Waals surface area contributed by atoms with E-state index in [0.29, 0.717) is 6.42 Å². The van der Waals surface area contributed by atoms with E-state index in [9.17, 15) is 5.11 Å². The van der Waals surface area contributed by atoms with Crippen molar-refractivity contribution in [1.82, 2.24) is 15.0 Å². The molecule has 5 heteroatoms. The SMILES string of the molecule is OC1CC(n2nc3ccccc3n2)C(c2ccccc2)(c2ccccc2)O1. The molecule has 2 heterocycles. The number of nitrogens with zero attached hydrogens (tertiary/aromatic N) is 3. The maximum absolute atomic E-state index is 10.5. The first-order chi connectivity index (χ1) is 13.3. The van der Waals surface area contributed by atoms with Crippen molar-refractivity contribution in [1.29, 1.82) is 0 Å². The lowest BCUT2D eigenvalue weighted by molar-refractivity contribution is -0.129. The highest BCUT2D eigenvalue weighted by Gasteiger charge is 2.53. The third-order valence-electron chi connectivity index (χ3n) is 5.20. The maximum atomic E-state index is 10.5. The molecule has 0 bridgehead atoms. The summed E-state index contributed by atoms with van der Waals surface area (Å²) < 4.78 is 6.24. The van der Waals surface area contributed by atoms with Crippen molar-refractivity contribution in [2.45, 2.75) is 24.4 Å². The van der Waals surface area contributed by atoms with Crippen LogP contribution >= 0.6 is 0 Å². The predicted molar refractivity (Wildman–Crippen MR) is 102 cm³/mol. The van der Waals surface area contributed by atoms with E-state index in [0.717, 1.165) is 22.2 Å². The Kier molecular flexibility index (Phi) is 3.77. The molecule has 134 valence electrons. The molecule has 3 aromatic carbocycles. The van der Waals surface area contributed by atoms with Gasteiger partial charge in [-0.25, -0.2) is 0 Å². The second-order valence-electron chi connectivity index (χ2n) is 6.80. The second-order valence-corrected chi connectivity index (χ2v) is 6.80. The molecule has 2 unspecified atom stereocenters. The number of rotatable bonds is 3. The fraction of sp³-hybridized carbons (Fsp3) is 0.182. The van der Waals surface area contributed by atoms with Crippen LogP contribution in [0, 0.1) is 0 Å². The standard InChI is InChI=1S/C22H19N3O2/c26-21-15-20(25-23-18-13-7-8-14-19(18)24-25)22(27-21,16-9-3-1-4-10-16)17-11-5-2-6-12-17/h1-14,20-21,26H,15H2. The summed E-state index contributed by atoms with van der Waals surface area (Å²) in [5.74, 6) is 0. The zero-order chi connectivity index (χ0) is 18.3. The number of hydrogen-bond acceptors (Lipinski definition) is 4. The minimum atomic E-state index is -0.899. The molecule has 1 aliphatic rings. The highest BCUT2D eigenvalue weighted by molar-refractivity contribution is 5.73. The molecule has 1 fully saturated rings. The van der Waals surface area contributed by atoms with Crippen LogP contribution in [0.5, 0.6) is 0 Å². The molecule has 0 spiro atoms. The summed E-state index contributed by atoms with van der Waals surface area (Å²) in [6.45, 7) is 0. The Balaban J connectivity index is 1.75. The minimum Gasteiger partial charge on any atom is -0.368 e. The Morgan fingerprint density at radius 2 is 1.26 bits per heavy atom. The summed E-state index contributed by atoms with van der Waals surface area (Å²) in [4.78, 5) is 1.71. The smallest absolute Gasteiger partial charge is 0.158 e. The van der Waals surface area contributed by atoms with Crippen LogP contribution in [0.2, 0.25) is 0 Å². The van der Waals surface area contributed by atoms with Gasteiger partial charge in [0.15, 0.2) is 6.29 Å². The van der Waals surface area contributed by atoms with Crippen molar-refractivity contribution in [3.63, 3.8) is 0 Å². The van der Waals surface area contributed by atoms with Crippen LogP contribution in [0.3, 0.4) is 0 Å². The van der Waals surface area contributed by atoms with Crippen molar-refractivity contribution >= 4 is 11.0 Å². The van der Waals surface area contributed by atoms with Crippen molar-refractivity contribution in [3.8, 4) is 0 Å². The van der Waals surface area contributed by atoms with Crippen molar-refractivity contribution in [2.75, 3.05) is 0 Å². The van der Waals surface area contributed by atoms with Crippen LogP contribution in [-0.4, -0.2) is 26.4 Å². The largest absolute Gasteiger partial charge is 0.368 e. The molecule has 5 nitrogen and oxygen atoms in total. The summed E-state index contributed by atoms with van der Waals surface area (Å²) in [5, 5.41) is 19.9. The normalized spacial score (nSPS) is 21.5. The molecule has 4 aromatic rings. The molecule has 0 saturated carbocycles. The summed E-state index contributed by atoms with van der Waals surface area (Å²) in [6, 6.07) is 27.5. The Bertz CT molecular complexity index is 990. The summed E-state index contributed by atoms with van der Waals surface area (Å²) in [6.07, 6.45) is -0.491. The molecule has 0 radical (unpaired) electrons. The highest BCUT2D eigenvalue weighted by Crippen LogP contribution is 2.50. The topological polar surface area (TPSA) is 60.2 Å². The summed E-state index contributed by atoms with van der Waals surface area (Å²) >= 11 is 0. The third kappa shape index (κ3) is 2.55. The first-order valence-electron chi connectivity index (χ1n) is 9.06. The van der Waals surface area contributed by atoms with E-state index in [1.807, 2.05) is 84.9 Å². The monoisotopic (exact) mass is 357 g/mol. The van der Waals surface area contributed by atoms with Crippen LogP contribution in [0.4, 0.5) is 0 Å². The Hall–Kier alpha value is -3.02. The van der Waals surface area contributed by atoms with E-state index < -0.39 is 11.9 Å². The number of hydrogen-bond donors (Lipinski definition) is 1. The van der Waals surface area contributed by atoms with Crippen molar-refractivity contribution in [3.05, 3.63) is 96.1 Å². The number of benzene rings is 3. The van der Waals surface area contributed by atoms with Crippen LogP contribution in [0.15, 0.2) is 84.9 Å². The first-order valence-corrected chi connectivity index (χ1v) is 9.06. The van der Waals surface area contributed by atoms with Crippen LogP contribution in [0.1, 0.15) is 23.6 Å². The first kappa shape index (κ1) is 16.2. The zero-order valence-corrected chi connectivity index (χ0v) is 14.6. The fourth-order valence-electron chi connectivity index (χ4n) is 4.03. The number of ether oxygens (including phenoxy) is 1. The van der Waals surface area contributed by atoms with Gasteiger partial charge in [0.05, 0.1) is 0 Å². The molecule has 1 saturated heterocycles. The molecule has 0 aliphatic carbocycles. The number of fused-ring (bicyclic) bond motifs is 1. The third-order valence-corrected chi connectivity index (χ3v) is 5.20. The molecule has 1 aliphatic heterocycles. The van der Waals surface area contributed by atoms with Gasteiger partial charge in [-0.2, -0.15) is 15.0 Å². The molecular weight excluding hydrogens is 338 g/mol. The number of aromatic nitrogens is 3. The molecule has 1 aromatic heterocycles. The van der Waals surface area contributed by atoms with Gasteiger partial charge in [0.1, 0.15) is 22.7 Å². The predicted octanol–water partition coefficient (Wildman–Crippen LogP) is 3.65. The van der Waals surface area contributed by atoms with Gasteiger partial charge >= 0.3 is 0 Å². The van der Waals surface area contributed by atoms with E-state index in [1.165, 1.54) is 0 Å². The van der Waals surface area contributed by atoms with Crippen LogP contribution < -0.4 is 0 Å². The van der Waals surface area contributed by atoms with Gasteiger partial charge in [-0.1, -0.05) is 72.8 Å². The van der Waals surface area contributed by atoms with Gasteiger partial charge in [0.25, 0.3) is 0 Å². The van der Waals surface area contributed by atoms with Crippen LogP contribution in [-0.2, 0) is 10.3 Å². The Morgan fingerprint density at radius 3 is 1.78 bits per heavy atom. The van der Waals surface area contributed by atoms with Crippen LogP contribution in [0.25, 0.3) is 11.0 Å². The van der Waals surface area contributed by atoms with Crippen molar-refractivity contribution < 1.29 is 9.84 Å². The molecule has 27 heavy (non-hydrogen) atoms.